The second kappa shape index (κ2) is 6.60. The molecule has 2 amide bonds. The Labute approximate surface area is 121 Å². The number of aryl methyl sites for hydroxylation is 1. The van der Waals surface area contributed by atoms with E-state index in [9.17, 15) is 14.0 Å². The van der Waals surface area contributed by atoms with Crippen molar-refractivity contribution < 1.29 is 14.0 Å². The second-order valence-corrected chi connectivity index (χ2v) is 4.45. The van der Waals surface area contributed by atoms with Crippen molar-refractivity contribution in [2.45, 2.75) is 13.5 Å². The predicted octanol–water partition coefficient (Wildman–Crippen LogP) is 1.78. The van der Waals surface area contributed by atoms with Gasteiger partial charge in [-0.1, -0.05) is 18.2 Å². The van der Waals surface area contributed by atoms with E-state index in [4.69, 9.17) is 0 Å². The lowest BCUT2D eigenvalue weighted by Gasteiger charge is -2.07. The molecule has 2 aromatic rings. The van der Waals surface area contributed by atoms with Crippen molar-refractivity contribution >= 4 is 17.6 Å². The molecule has 5 nitrogen and oxygen atoms in total. The maximum Gasteiger partial charge on any atom is 0.314 e. The zero-order chi connectivity index (χ0) is 15.2. The number of hydrogen-bond donors (Lipinski definition) is 2. The summed E-state index contributed by atoms with van der Waals surface area (Å²) in [6.45, 7) is 1.79. The Balaban J connectivity index is 1.91. The molecule has 0 radical (unpaired) electrons. The lowest BCUT2D eigenvalue weighted by Crippen LogP contribution is -2.35. The van der Waals surface area contributed by atoms with E-state index in [1.165, 1.54) is 18.3 Å². The van der Waals surface area contributed by atoms with Gasteiger partial charge in [-0.2, -0.15) is 0 Å². The molecule has 1 aromatic carbocycles. The molecule has 0 spiro atoms. The van der Waals surface area contributed by atoms with Crippen LogP contribution in [0.25, 0.3) is 0 Å². The van der Waals surface area contributed by atoms with Crippen LogP contribution < -0.4 is 10.6 Å². The summed E-state index contributed by atoms with van der Waals surface area (Å²) in [7, 11) is 0. The smallest absolute Gasteiger partial charge is 0.314 e. The van der Waals surface area contributed by atoms with E-state index in [0.29, 0.717) is 11.4 Å². The van der Waals surface area contributed by atoms with Gasteiger partial charge in [-0.3, -0.25) is 9.59 Å². The van der Waals surface area contributed by atoms with Gasteiger partial charge in [-0.05, 0) is 30.7 Å². The average molecular weight is 287 g/mol. The minimum atomic E-state index is -0.846. The summed E-state index contributed by atoms with van der Waals surface area (Å²) in [5.41, 5.74) is 1.22. The first-order valence-corrected chi connectivity index (χ1v) is 6.31. The van der Waals surface area contributed by atoms with E-state index >= 15 is 0 Å². The summed E-state index contributed by atoms with van der Waals surface area (Å²) < 4.78 is 13.4. The molecular weight excluding hydrogens is 273 g/mol. The van der Waals surface area contributed by atoms with E-state index < -0.39 is 17.6 Å². The van der Waals surface area contributed by atoms with Crippen LogP contribution in [-0.4, -0.2) is 16.8 Å². The molecule has 108 valence electrons. The summed E-state index contributed by atoms with van der Waals surface area (Å²) in [4.78, 5) is 27.2. The number of pyridine rings is 1. The lowest BCUT2D eigenvalue weighted by atomic mass is 10.2. The van der Waals surface area contributed by atoms with Gasteiger partial charge in [0.25, 0.3) is 0 Å². The van der Waals surface area contributed by atoms with Crippen molar-refractivity contribution in [2.75, 3.05) is 5.32 Å². The maximum atomic E-state index is 13.4. The molecule has 6 heteroatoms. The number of hydrogen-bond acceptors (Lipinski definition) is 3. The molecule has 0 bridgehead atoms. The van der Waals surface area contributed by atoms with E-state index in [1.54, 1.807) is 24.3 Å². The van der Waals surface area contributed by atoms with Gasteiger partial charge in [0.15, 0.2) is 0 Å². The highest BCUT2D eigenvalue weighted by Crippen LogP contribution is 2.06. The molecule has 0 atom stereocenters. The Morgan fingerprint density at radius 1 is 1.19 bits per heavy atom. The number of aromatic nitrogens is 1. The van der Waals surface area contributed by atoms with Crippen LogP contribution in [0.1, 0.15) is 11.1 Å². The molecule has 0 saturated carbocycles. The Morgan fingerprint density at radius 3 is 2.67 bits per heavy atom. The van der Waals surface area contributed by atoms with Crippen LogP contribution in [0.4, 0.5) is 10.2 Å². The summed E-state index contributed by atoms with van der Waals surface area (Å²) in [5.74, 6) is -1.83. The summed E-state index contributed by atoms with van der Waals surface area (Å²) in [5, 5.41) is 4.73. The molecule has 0 fully saturated rings. The van der Waals surface area contributed by atoms with Gasteiger partial charge in [0, 0.05) is 18.3 Å². The summed E-state index contributed by atoms with van der Waals surface area (Å²) in [6.07, 6.45) is 1.53. The van der Waals surface area contributed by atoms with Gasteiger partial charge >= 0.3 is 11.8 Å². The number of amides is 2. The molecule has 1 heterocycles. The van der Waals surface area contributed by atoms with Crippen LogP contribution in [0.3, 0.4) is 0 Å². The van der Waals surface area contributed by atoms with Crippen molar-refractivity contribution in [1.82, 2.24) is 10.3 Å². The summed E-state index contributed by atoms with van der Waals surface area (Å²) in [6, 6.07) is 9.45. The summed E-state index contributed by atoms with van der Waals surface area (Å²) >= 11 is 0. The molecule has 0 saturated heterocycles. The Kier molecular flexibility index (Phi) is 4.61. The number of nitrogens with one attached hydrogen (secondary N) is 2. The second-order valence-electron chi connectivity index (χ2n) is 4.45. The Bertz CT molecular complexity index is 673. The van der Waals surface area contributed by atoms with Gasteiger partial charge in [0.1, 0.15) is 11.6 Å². The molecule has 1 aromatic heterocycles. The molecular formula is C15H14FN3O2. The normalized spacial score (nSPS) is 10.0. The van der Waals surface area contributed by atoms with Crippen molar-refractivity contribution in [3.63, 3.8) is 0 Å². The fourth-order valence-electron chi connectivity index (χ4n) is 1.68. The molecule has 0 aliphatic rings. The van der Waals surface area contributed by atoms with Gasteiger partial charge in [0.2, 0.25) is 0 Å². The monoisotopic (exact) mass is 287 g/mol. The fourth-order valence-corrected chi connectivity index (χ4v) is 1.68. The molecule has 0 unspecified atom stereocenters. The van der Waals surface area contributed by atoms with E-state index in [0.717, 1.165) is 5.56 Å². The third-order valence-electron chi connectivity index (χ3n) is 2.76. The third-order valence-corrected chi connectivity index (χ3v) is 2.76. The van der Waals surface area contributed by atoms with Gasteiger partial charge in [-0.25, -0.2) is 9.37 Å². The number of anilines is 1. The Morgan fingerprint density at radius 2 is 1.95 bits per heavy atom. The fraction of sp³-hybridized carbons (Fsp3) is 0.133. The average Bonchev–Trinajstić information content (AvgIpc) is 2.46. The minimum Gasteiger partial charge on any atom is -0.344 e. The molecule has 21 heavy (non-hydrogen) atoms. The number of nitrogens with zero attached hydrogens (tertiary/aromatic N) is 1. The van der Waals surface area contributed by atoms with E-state index in [2.05, 4.69) is 15.6 Å². The minimum absolute atomic E-state index is 0.0554. The SMILES string of the molecule is Cc1ccnc(NC(=O)C(=O)NCc2ccccc2F)c1. The van der Waals surface area contributed by atoms with Crippen LogP contribution in [0.15, 0.2) is 42.6 Å². The quantitative estimate of drug-likeness (QED) is 0.845. The van der Waals surface area contributed by atoms with Gasteiger partial charge < -0.3 is 10.6 Å². The highest BCUT2D eigenvalue weighted by Gasteiger charge is 2.14. The first-order valence-electron chi connectivity index (χ1n) is 6.31. The predicted molar refractivity (Wildman–Crippen MR) is 75.9 cm³/mol. The largest absolute Gasteiger partial charge is 0.344 e. The molecule has 0 aliphatic carbocycles. The first kappa shape index (κ1) is 14.6. The van der Waals surface area contributed by atoms with E-state index in [-0.39, 0.29) is 6.54 Å². The van der Waals surface area contributed by atoms with Crippen LogP contribution >= 0.6 is 0 Å². The van der Waals surface area contributed by atoms with Crippen LogP contribution in [0, 0.1) is 12.7 Å². The highest BCUT2D eigenvalue weighted by molar-refractivity contribution is 6.39. The van der Waals surface area contributed by atoms with Crippen molar-refractivity contribution in [1.29, 1.82) is 0 Å². The Hall–Kier alpha value is -2.76. The van der Waals surface area contributed by atoms with Gasteiger partial charge in [-0.15, -0.1) is 0 Å². The van der Waals surface area contributed by atoms with E-state index in [1.807, 2.05) is 6.92 Å². The number of carbonyl (C=O) groups excluding carboxylic acids is 2. The first-order chi connectivity index (χ1) is 10.1. The van der Waals surface area contributed by atoms with Crippen molar-refractivity contribution in [3.05, 3.63) is 59.5 Å². The number of benzene rings is 1. The maximum absolute atomic E-state index is 13.4. The van der Waals surface area contributed by atoms with Crippen LogP contribution in [-0.2, 0) is 16.1 Å². The number of rotatable bonds is 3. The topological polar surface area (TPSA) is 71.1 Å². The standard InChI is InChI=1S/C15H14FN3O2/c1-10-6-7-17-13(8-10)19-15(21)14(20)18-9-11-4-2-3-5-12(11)16/h2-8H,9H2,1H3,(H,18,20)(H,17,19,21). The van der Waals surface area contributed by atoms with Crippen LogP contribution in [0.2, 0.25) is 0 Å². The zero-order valence-electron chi connectivity index (χ0n) is 11.4. The zero-order valence-corrected chi connectivity index (χ0v) is 11.4. The van der Waals surface area contributed by atoms with Crippen molar-refractivity contribution in [3.8, 4) is 0 Å². The van der Waals surface area contributed by atoms with Crippen molar-refractivity contribution in [2.24, 2.45) is 0 Å². The highest BCUT2D eigenvalue weighted by atomic mass is 19.1. The van der Waals surface area contributed by atoms with Gasteiger partial charge in [0.05, 0.1) is 0 Å². The lowest BCUT2D eigenvalue weighted by molar-refractivity contribution is -0.136. The molecule has 2 rings (SSSR count). The molecule has 2 N–H and O–H groups in total. The number of halogens is 1. The number of carbonyl (C=O) groups is 2. The van der Waals surface area contributed by atoms with Crippen LogP contribution in [0.5, 0.6) is 0 Å². The molecule has 0 aliphatic heterocycles. The third kappa shape index (κ3) is 4.10.